The van der Waals surface area contributed by atoms with E-state index in [0.29, 0.717) is 17.7 Å². The van der Waals surface area contributed by atoms with E-state index in [4.69, 9.17) is 4.74 Å². The van der Waals surface area contributed by atoms with Crippen molar-refractivity contribution in [2.45, 2.75) is 45.2 Å². The van der Waals surface area contributed by atoms with E-state index in [1.165, 1.54) is 6.07 Å². The molecular formula is C15H25NO4S. The fraction of sp³-hybridized carbons (Fsp3) is 0.600. The summed E-state index contributed by atoms with van der Waals surface area (Å²) in [4.78, 5) is 0.207. The molecule has 1 aromatic carbocycles. The highest BCUT2D eigenvalue weighted by Gasteiger charge is 2.24. The van der Waals surface area contributed by atoms with Crippen LogP contribution >= 0.6 is 0 Å². The zero-order valence-electron chi connectivity index (χ0n) is 13.3. The lowest BCUT2D eigenvalue weighted by Gasteiger charge is -2.22. The average molecular weight is 315 g/mol. The van der Waals surface area contributed by atoms with Crippen molar-refractivity contribution in [3.8, 4) is 0 Å². The van der Waals surface area contributed by atoms with Gasteiger partial charge in [-0.15, -0.1) is 0 Å². The molecule has 0 radical (unpaired) electrons. The van der Waals surface area contributed by atoms with Crippen molar-refractivity contribution in [3.05, 3.63) is 28.8 Å². The number of rotatable bonds is 7. The molecule has 0 amide bonds. The summed E-state index contributed by atoms with van der Waals surface area (Å²) in [6.07, 6.45) is 0. The maximum Gasteiger partial charge on any atom is 0.241 e. The van der Waals surface area contributed by atoms with Crippen molar-refractivity contribution in [2.75, 3.05) is 13.7 Å². The molecule has 1 atom stereocenters. The van der Waals surface area contributed by atoms with Gasteiger partial charge >= 0.3 is 0 Å². The predicted molar refractivity (Wildman–Crippen MR) is 82.7 cm³/mol. The number of methoxy groups -OCH3 is 1. The van der Waals surface area contributed by atoms with Gasteiger partial charge in [0.05, 0.1) is 18.1 Å². The van der Waals surface area contributed by atoms with Crippen LogP contribution in [0.1, 0.15) is 30.5 Å². The molecule has 0 fully saturated rings. The molecule has 0 aliphatic carbocycles. The molecule has 0 heterocycles. The first-order valence-corrected chi connectivity index (χ1v) is 8.43. The van der Waals surface area contributed by atoms with Crippen molar-refractivity contribution in [1.82, 2.24) is 4.72 Å². The summed E-state index contributed by atoms with van der Waals surface area (Å²) in [6.45, 7) is 7.61. The van der Waals surface area contributed by atoms with Crippen LogP contribution in [0.3, 0.4) is 0 Å². The van der Waals surface area contributed by atoms with E-state index in [0.717, 1.165) is 5.56 Å². The minimum Gasteiger partial charge on any atom is -0.392 e. The minimum absolute atomic E-state index is 0.114. The molecule has 1 rings (SSSR count). The van der Waals surface area contributed by atoms with E-state index in [1.54, 1.807) is 20.1 Å². The highest BCUT2D eigenvalue weighted by molar-refractivity contribution is 7.89. The molecule has 0 saturated heterocycles. The van der Waals surface area contributed by atoms with Gasteiger partial charge in [-0.1, -0.05) is 19.9 Å². The topological polar surface area (TPSA) is 75.6 Å². The smallest absolute Gasteiger partial charge is 0.241 e. The van der Waals surface area contributed by atoms with Crippen LogP contribution in [-0.2, 0) is 21.4 Å². The lowest BCUT2D eigenvalue weighted by atomic mass is 10.1. The van der Waals surface area contributed by atoms with Crippen molar-refractivity contribution in [1.29, 1.82) is 0 Å². The summed E-state index contributed by atoms with van der Waals surface area (Å²) >= 11 is 0. The van der Waals surface area contributed by atoms with Crippen LogP contribution < -0.4 is 4.72 Å². The van der Waals surface area contributed by atoms with Gasteiger partial charge in [0, 0.05) is 13.2 Å². The Balaban J connectivity index is 3.18. The third-order valence-corrected chi connectivity index (χ3v) is 5.18. The highest BCUT2D eigenvalue weighted by Crippen LogP contribution is 2.21. The number of aryl methyl sites for hydroxylation is 2. The van der Waals surface area contributed by atoms with Crippen molar-refractivity contribution in [3.63, 3.8) is 0 Å². The fourth-order valence-electron chi connectivity index (χ4n) is 2.14. The number of ether oxygens (including phenoxy) is 1. The molecule has 6 heteroatoms. The standard InChI is InChI=1S/C15H25NO4S/c1-10(2)14(9-20-5)16-21(18,19)15-7-13(8-17)11(3)6-12(15)4/h6-7,10,14,16-17H,8-9H2,1-5H3. The molecule has 2 N–H and O–H groups in total. The van der Waals surface area contributed by atoms with E-state index in [-0.39, 0.29) is 23.5 Å². The Labute approximate surface area is 127 Å². The molecule has 0 aliphatic rings. The molecule has 0 aromatic heterocycles. The van der Waals surface area contributed by atoms with E-state index in [1.807, 2.05) is 20.8 Å². The zero-order chi connectivity index (χ0) is 16.2. The maximum absolute atomic E-state index is 12.6. The first kappa shape index (κ1) is 18.1. The first-order chi connectivity index (χ1) is 9.72. The molecule has 1 unspecified atom stereocenters. The molecule has 0 spiro atoms. The molecular weight excluding hydrogens is 290 g/mol. The van der Waals surface area contributed by atoms with Gasteiger partial charge in [-0.05, 0) is 42.5 Å². The lowest BCUT2D eigenvalue weighted by Crippen LogP contribution is -2.41. The van der Waals surface area contributed by atoms with Crippen LogP contribution in [0.4, 0.5) is 0 Å². The lowest BCUT2D eigenvalue weighted by molar-refractivity contribution is 0.157. The second-order valence-electron chi connectivity index (χ2n) is 5.63. The average Bonchev–Trinajstić information content (AvgIpc) is 2.37. The normalized spacial score (nSPS) is 13.7. The molecule has 0 bridgehead atoms. The number of aliphatic hydroxyl groups is 1. The summed E-state index contributed by atoms with van der Waals surface area (Å²) in [5.74, 6) is 0.114. The molecule has 1 aromatic rings. The Morgan fingerprint density at radius 3 is 2.33 bits per heavy atom. The second-order valence-corrected chi connectivity index (χ2v) is 7.31. The van der Waals surface area contributed by atoms with E-state index >= 15 is 0 Å². The van der Waals surface area contributed by atoms with Gasteiger partial charge in [0.25, 0.3) is 0 Å². The third-order valence-electron chi connectivity index (χ3n) is 3.55. The highest BCUT2D eigenvalue weighted by atomic mass is 32.2. The number of nitrogens with one attached hydrogen (secondary N) is 1. The van der Waals surface area contributed by atoms with Crippen molar-refractivity contribution in [2.24, 2.45) is 5.92 Å². The third kappa shape index (κ3) is 4.51. The zero-order valence-corrected chi connectivity index (χ0v) is 14.1. The van der Waals surface area contributed by atoms with Crippen molar-refractivity contribution < 1.29 is 18.3 Å². The van der Waals surface area contributed by atoms with Crippen molar-refractivity contribution >= 4 is 10.0 Å². The maximum atomic E-state index is 12.6. The first-order valence-electron chi connectivity index (χ1n) is 6.95. The second kappa shape index (κ2) is 7.35. The Morgan fingerprint density at radius 1 is 1.24 bits per heavy atom. The number of benzene rings is 1. The van der Waals surface area contributed by atoms with Crippen LogP contribution in [0.25, 0.3) is 0 Å². The van der Waals surface area contributed by atoms with Gasteiger partial charge in [-0.25, -0.2) is 13.1 Å². The molecule has 21 heavy (non-hydrogen) atoms. The van der Waals surface area contributed by atoms with Gasteiger partial charge in [0.15, 0.2) is 0 Å². The summed E-state index contributed by atoms with van der Waals surface area (Å²) in [6, 6.07) is 3.02. The number of hydrogen-bond donors (Lipinski definition) is 2. The van der Waals surface area contributed by atoms with Gasteiger partial charge in [0.2, 0.25) is 10.0 Å². The van der Waals surface area contributed by atoms with Crippen LogP contribution in [0, 0.1) is 19.8 Å². The SMILES string of the molecule is COCC(NS(=O)(=O)c1cc(CO)c(C)cc1C)C(C)C. The van der Waals surface area contributed by atoms with Crippen LogP contribution in [-0.4, -0.2) is 33.3 Å². The van der Waals surface area contributed by atoms with Crippen LogP contribution in [0.2, 0.25) is 0 Å². The summed E-state index contributed by atoms with van der Waals surface area (Å²) in [5.41, 5.74) is 2.16. The Morgan fingerprint density at radius 2 is 1.86 bits per heavy atom. The number of aliphatic hydroxyl groups excluding tert-OH is 1. The quantitative estimate of drug-likeness (QED) is 0.804. The summed E-state index contributed by atoms with van der Waals surface area (Å²) < 4.78 is 32.9. The van der Waals surface area contributed by atoms with Gasteiger partial charge in [-0.3, -0.25) is 0 Å². The fourth-order valence-corrected chi connectivity index (χ4v) is 3.79. The van der Waals surface area contributed by atoms with Crippen LogP contribution in [0.15, 0.2) is 17.0 Å². The minimum atomic E-state index is -3.65. The largest absolute Gasteiger partial charge is 0.392 e. The van der Waals surface area contributed by atoms with E-state index in [9.17, 15) is 13.5 Å². The number of hydrogen-bond acceptors (Lipinski definition) is 4. The Bertz CT molecular complexity index is 582. The Kier molecular flexibility index (Phi) is 6.34. The monoisotopic (exact) mass is 315 g/mol. The van der Waals surface area contributed by atoms with Gasteiger partial charge < -0.3 is 9.84 Å². The number of sulfonamides is 1. The Hall–Kier alpha value is -0.950. The molecule has 0 saturated carbocycles. The molecule has 0 aliphatic heterocycles. The molecule has 5 nitrogen and oxygen atoms in total. The van der Waals surface area contributed by atoms with Gasteiger partial charge in [-0.2, -0.15) is 0 Å². The van der Waals surface area contributed by atoms with Gasteiger partial charge in [0.1, 0.15) is 0 Å². The summed E-state index contributed by atoms with van der Waals surface area (Å²) in [5, 5.41) is 9.32. The predicted octanol–water partition coefficient (Wildman–Crippen LogP) is 1.75. The van der Waals surface area contributed by atoms with E-state index in [2.05, 4.69) is 4.72 Å². The van der Waals surface area contributed by atoms with E-state index < -0.39 is 10.0 Å². The molecule has 120 valence electrons. The summed E-state index contributed by atoms with van der Waals surface area (Å²) in [7, 11) is -2.10. The van der Waals surface area contributed by atoms with Crippen LogP contribution in [0.5, 0.6) is 0 Å².